The van der Waals surface area contributed by atoms with Crippen molar-refractivity contribution in [2.75, 3.05) is 19.6 Å². The molecular weight excluding hydrogens is 256 g/mol. The van der Waals surface area contributed by atoms with Crippen molar-refractivity contribution in [3.63, 3.8) is 0 Å². The van der Waals surface area contributed by atoms with Crippen molar-refractivity contribution in [1.82, 2.24) is 10.2 Å². The Morgan fingerprint density at radius 2 is 1.57 bits per heavy atom. The molecule has 21 heavy (non-hydrogen) atoms. The standard InChI is InChI=1S/C19H24N2/c1-3-8-17(9-4-1)14-19-16-21(13-7-12-20-19)15-18-10-5-2-6-11-18/h1-6,8-11,19-20H,7,12-16H2. The lowest BCUT2D eigenvalue weighted by Gasteiger charge is -2.24. The van der Waals surface area contributed by atoms with E-state index in [0.717, 1.165) is 26.1 Å². The molecule has 3 rings (SSSR count). The van der Waals surface area contributed by atoms with E-state index in [-0.39, 0.29) is 0 Å². The average Bonchev–Trinajstić information content (AvgIpc) is 2.74. The van der Waals surface area contributed by atoms with Gasteiger partial charge in [-0.2, -0.15) is 0 Å². The quantitative estimate of drug-likeness (QED) is 0.926. The lowest BCUT2D eigenvalue weighted by atomic mass is 10.1. The predicted molar refractivity (Wildman–Crippen MR) is 88.3 cm³/mol. The van der Waals surface area contributed by atoms with Crippen LogP contribution in [-0.2, 0) is 13.0 Å². The minimum absolute atomic E-state index is 0.554. The van der Waals surface area contributed by atoms with Gasteiger partial charge >= 0.3 is 0 Å². The smallest absolute Gasteiger partial charge is 0.0235 e. The van der Waals surface area contributed by atoms with Crippen LogP contribution < -0.4 is 5.32 Å². The van der Waals surface area contributed by atoms with Crippen LogP contribution in [0.4, 0.5) is 0 Å². The molecule has 0 aromatic heterocycles. The Labute approximate surface area is 127 Å². The summed E-state index contributed by atoms with van der Waals surface area (Å²) in [5.41, 5.74) is 2.84. The van der Waals surface area contributed by atoms with E-state index in [2.05, 4.69) is 70.9 Å². The van der Waals surface area contributed by atoms with Crippen LogP contribution in [0.3, 0.4) is 0 Å². The molecule has 1 fully saturated rings. The molecule has 0 spiro atoms. The van der Waals surface area contributed by atoms with E-state index in [1.165, 1.54) is 24.1 Å². The van der Waals surface area contributed by atoms with Crippen LogP contribution in [0, 0.1) is 0 Å². The first kappa shape index (κ1) is 14.3. The molecule has 1 unspecified atom stereocenters. The summed E-state index contributed by atoms with van der Waals surface area (Å²) >= 11 is 0. The molecule has 1 heterocycles. The number of nitrogens with one attached hydrogen (secondary N) is 1. The van der Waals surface area contributed by atoms with Gasteiger partial charge in [0.1, 0.15) is 0 Å². The highest BCUT2D eigenvalue weighted by Crippen LogP contribution is 2.11. The molecule has 1 N–H and O–H groups in total. The minimum atomic E-state index is 0.554. The van der Waals surface area contributed by atoms with Crippen molar-refractivity contribution in [2.24, 2.45) is 0 Å². The van der Waals surface area contributed by atoms with Crippen molar-refractivity contribution in [2.45, 2.75) is 25.4 Å². The Morgan fingerprint density at radius 3 is 2.29 bits per heavy atom. The highest BCUT2D eigenvalue weighted by molar-refractivity contribution is 5.17. The SMILES string of the molecule is c1ccc(CC2CN(Cc3ccccc3)CCCN2)cc1. The number of hydrogen-bond acceptors (Lipinski definition) is 2. The number of benzene rings is 2. The Kier molecular flexibility index (Phi) is 5.03. The molecule has 1 saturated heterocycles. The fraction of sp³-hybridized carbons (Fsp3) is 0.368. The molecule has 110 valence electrons. The molecule has 0 bridgehead atoms. The Hall–Kier alpha value is -1.64. The first-order valence-corrected chi connectivity index (χ1v) is 7.94. The van der Waals surface area contributed by atoms with Gasteiger partial charge in [-0.25, -0.2) is 0 Å². The van der Waals surface area contributed by atoms with Crippen LogP contribution in [0.15, 0.2) is 60.7 Å². The van der Waals surface area contributed by atoms with Crippen LogP contribution in [-0.4, -0.2) is 30.6 Å². The third-order valence-corrected chi connectivity index (χ3v) is 4.14. The van der Waals surface area contributed by atoms with Crippen molar-refractivity contribution in [3.05, 3.63) is 71.8 Å². The van der Waals surface area contributed by atoms with E-state index in [9.17, 15) is 0 Å². The summed E-state index contributed by atoms with van der Waals surface area (Å²) in [6.45, 7) is 4.51. The first-order valence-electron chi connectivity index (χ1n) is 7.94. The maximum Gasteiger partial charge on any atom is 0.0235 e. The van der Waals surface area contributed by atoms with Gasteiger partial charge in [0, 0.05) is 19.1 Å². The molecule has 1 aliphatic heterocycles. The van der Waals surface area contributed by atoms with Crippen molar-refractivity contribution < 1.29 is 0 Å². The summed E-state index contributed by atoms with van der Waals surface area (Å²) in [6.07, 6.45) is 2.35. The molecule has 1 atom stereocenters. The van der Waals surface area contributed by atoms with Crippen molar-refractivity contribution in [1.29, 1.82) is 0 Å². The zero-order valence-electron chi connectivity index (χ0n) is 12.5. The fourth-order valence-corrected chi connectivity index (χ4v) is 3.10. The highest BCUT2D eigenvalue weighted by atomic mass is 15.2. The Bertz CT molecular complexity index is 474. The van der Waals surface area contributed by atoms with Crippen LogP contribution >= 0.6 is 0 Å². The van der Waals surface area contributed by atoms with Gasteiger partial charge in [-0.15, -0.1) is 0 Å². The summed E-state index contributed by atoms with van der Waals surface area (Å²) in [4.78, 5) is 2.59. The molecule has 2 heteroatoms. The second-order valence-electron chi connectivity index (χ2n) is 5.92. The van der Waals surface area contributed by atoms with Crippen LogP contribution in [0.25, 0.3) is 0 Å². The third kappa shape index (κ3) is 4.42. The molecule has 0 saturated carbocycles. The van der Waals surface area contributed by atoms with Gasteiger partial charge in [-0.3, -0.25) is 4.90 Å². The van der Waals surface area contributed by atoms with Gasteiger partial charge in [0.25, 0.3) is 0 Å². The van der Waals surface area contributed by atoms with E-state index in [1.54, 1.807) is 0 Å². The molecule has 0 radical (unpaired) electrons. The summed E-state index contributed by atoms with van der Waals surface area (Å²) in [6, 6.07) is 22.2. The minimum Gasteiger partial charge on any atom is -0.312 e. The maximum atomic E-state index is 3.70. The van der Waals surface area contributed by atoms with E-state index >= 15 is 0 Å². The second kappa shape index (κ2) is 7.39. The lowest BCUT2D eigenvalue weighted by molar-refractivity contribution is 0.259. The van der Waals surface area contributed by atoms with E-state index < -0.39 is 0 Å². The molecule has 0 aliphatic carbocycles. The van der Waals surface area contributed by atoms with Gasteiger partial charge in [0.2, 0.25) is 0 Å². The monoisotopic (exact) mass is 280 g/mol. The molecule has 2 nitrogen and oxygen atoms in total. The molecule has 1 aliphatic rings. The van der Waals surface area contributed by atoms with E-state index in [0.29, 0.717) is 6.04 Å². The van der Waals surface area contributed by atoms with Gasteiger partial charge in [-0.1, -0.05) is 60.7 Å². The van der Waals surface area contributed by atoms with Crippen LogP contribution in [0.2, 0.25) is 0 Å². The second-order valence-corrected chi connectivity index (χ2v) is 5.92. The van der Waals surface area contributed by atoms with E-state index in [4.69, 9.17) is 0 Å². The summed E-state index contributed by atoms with van der Waals surface area (Å²) < 4.78 is 0. The van der Waals surface area contributed by atoms with Gasteiger partial charge < -0.3 is 5.32 Å². The zero-order chi connectivity index (χ0) is 14.3. The Balaban J connectivity index is 1.61. The van der Waals surface area contributed by atoms with Crippen LogP contribution in [0.1, 0.15) is 17.5 Å². The summed E-state index contributed by atoms with van der Waals surface area (Å²) in [5, 5.41) is 3.70. The van der Waals surface area contributed by atoms with Gasteiger partial charge in [-0.05, 0) is 37.1 Å². The summed E-state index contributed by atoms with van der Waals surface area (Å²) in [5.74, 6) is 0. The molecular formula is C19H24N2. The number of rotatable bonds is 4. The number of hydrogen-bond donors (Lipinski definition) is 1. The average molecular weight is 280 g/mol. The van der Waals surface area contributed by atoms with E-state index in [1.807, 2.05) is 0 Å². The third-order valence-electron chi connectivity index (χ3n) is 4.14. The molecule has 2 aromatic rings. The lowest BCUT2D eigenvalue weighted by Crippen LogP contribution is -2.38. The fourth-order valence-electron chi connectivity index (χ4n) is 3.10. The highest BCUT2D eigenvalue weighted by Gasteiger charge is 2.17. The van der Waals surface area contributed by atoms with Crippen molar-refractivity contribution in [3.8, 4) is 0 Å². The molecule has 2 aromatic carbocycles. The largest absolute Gasteiger partial charge is 0.312 e. The normalized spacial score (nSPS) is 20.1. The predicted octanol–water partition coefficient (Wildman–Crippen LogP) is 3.09. The topological polar surface area (TPSA) is 15.3 Å². The molecule has 0 amide bonds. The van der Waals surface area contributed by atoms with Gasteiger partial charge in [0.05, 0.1) is 0 Å². The van der Waals surface area contributed by atoms with Crippen molar-refractivity contribution >= 4 is 0 Å². The zero-order valence-corrected chi connectivity index (χ0v) is 12.5. The Morgan fingerprint density at radius 1 is 0.905 bits per heavy atom. The van der Waals surface area contributed by atoms with Gasteiger partial charge in [0.15, 0.2) is 0 Å². The number of nitrogens with zero attached hydrogens (tertiary/aromatic N) is 1. The summed E-state index contributed by atoms with van der Waals surface area (Å²) in [7, 11) is 0. The van der Waals surface area contributed by atoms with Crippen LogP contribution in [0.5, 0.6) is 0 Å². The maximum absolute atomic E-state index is 3.70. The first-order chi connectivity index (χ1) is 10.4.